The summed E-state index contributed by atoms with van der Waals surface area (Å²) in [6, 6.07) is 7.30. The fourth-order valence-electron chi connectivity index (χ4n) is 4.24. The van der Waals surface area contributed by atoms with E-state index in [0.29, 0.717) is 6.54 Å². The van der Waals surface area contributed by atoms with E-state index >= 15 is 0 Å². The van der Waals surface area contributed by atoms with Crippen molar-refractivity contribution in [1.29, 1.82) is 0 Å². The first-order valence-electron chi connectivity index (χ1n) is 9.51. The molecule has 0 aliphatic carbocycles. The molecule has 25 heavy (non-hydrogen) atoms. The lowest BCUT2D eigenvalue weighted by molar-refractivity contribution is 0.0948. The highest BCUT2D eigenvalue weighted by atomic mass is 19.1. The Kier molecular flexibility index (Phi) is 5.94. The first-order valence-corrected chi connectivity index (χ1v) is 9.51. The fourth-order valence-corrected chi connectivity index (χ4v) is 4.24. The third-order valence-electron chi connectivity index (χ3n) is 5.73. The number of piperidine rings is 1. The number of carbonyl (C=O) groups excluding carboxylic acids is 1. The minimum atomic E-state index is -0.210. The van der Waals surface area contributed by atoms with Crippen LogP contribution in [0.1, 0.15) is 44.6 Å². The van der Waals surface area contributed by atoms with Crippen LogP contribution in [0.3, 0.4) is 0 Å². The predicted octanol–water partition coefficient (Wildman–Crippen LogP) is 3.44. The Balaban J connectivity index is 1.61. The topological polar surface area (TPSA) is 43.8 Å². The van der Waals surface area contributed by atoms with Crippen LogP contribution in [-0.4, -0.2) is 52.7 Å². The number of hydrogen-bond acceptors (Lipinski definition) is 2. The Bertz CT molecular complexity index is 578. The molecule has 0 radical (unpaired) electrons. The van der Waals surface area contributed by atoms with Crippen LogP contribution in [0.25, 0.3) is 0 Å². The van der Waals surface area contributed by atoms with Crippen molar-refractivity contribution < 1.29 is 14.3 Å². The summed E-state index contributed by atoms with van der Waals surface area (Å²) in [6.45, 7) is 3.75. The lowest BCUT2D eigenvalue weighted by Gasteiger charge is -2.38. The molecule has 0 bridgehead atoms. The van der Waals surface area contributed by atoms with Gasteiger partial charge in [0.1, 0.15) is 5.82 Å². The van der Waals surface area contributed by atoms with E-state index in [9.17, 15) is 14.3 Å². The fraction of sp³-hybridized carbons (Fsp3) is 0.650. The zero-order valence-electron chi connectivity index (χ0n) is 15.0. The second-order valence-corrected chi connectivity index (χ2v) is 7.57. The van der Waals surface area contributed by atoms with Crippen LogP contribution in [0.15, 0.2) is 24.3 Å². The number of rotatable bonds is 4. The Morgan fingerprint density at radius 3 is 2.72 bits per heavy atom. The highest BCUT2D eigenvalue weighted by molar-refractivity contribution is 5.75. The van der Waals surface area contributed by atoms with Crippen molar-refractivity contribution in [3.05, 3.63) is 35.6 Å². The molecule has 1 aromatic rings. The van der Waals surface area contributed by atoms with Crippen LogP contribution in [-0.2, 0) is 6.42 Å². The van der Waals surface area contributed by atoms with E-state index in [1.54, 1.807) is 0 Å². The van der Waals surface area contributed by atoms with Crippen molar-refractivity contribution in [2.45, 2.75) is 57.5 Å². The van der Waals surface area contributed by atoms with E-state index in [2.05, 4.69) is 11.8 Å². The zero-order chi connectivity index (χ0) is 17.8. The summed E-state index contributed by atoms with van der Waals surface area (Å²) in [4.78, 5) is 17.0. The Morgan fingerprint density at radius 2 is 2.00 bits per heavy atom. The van der Waals surface area contributed by atoms with Crippen molar-refractivity contribution in [3.8, 4) is 0 Å². The van der Waals surface area contributed by atoms with Gasteiger partial charge in [-0.25, -0.2) is 9.18 Å². The summed E-state index contributed by atoms with van der Waals surface area (Å²) in [5.41, 5.74) is 1.12. The molecule has 5 heteroatoms. The average Bonchev–Trinajstić information content (AvgIpc) is 3.01. The first kappa shape index (κ1) is 18.2. The molecule has 2 aliphatic rings. The van der Waals surface area contributed by atoms with Crippen LogP contribution >= 0.6 is 0 Å². The SMILES string of the molecule is C[C@@H]1CC[C@H](CCc2ccc(F)cc2)N1C(=O)N1CCCC(CO)C1. The molecule has 2 aliphatic heterocycles. The molecular formula is C20H29FN2O2. The number of aliphatic hydroxyl groups excluding tert-OH is 1. The number of benzene rings is 1. The van der Waals surface area contributed by atoms with Gasteiger partial charge in [-0.05, 0) is 69.1 Å². The second kappa shape index (κ2) is 8.17. The van der Waals surface area contributed by atoms with Crippen LogP contribution < -0.4 is 0 Å². The second-order valence-electron chi connectivity index (χ2n) is 7.57. The van der Waals surface area contributed by atoms with Crippen molar-refractivity contribution >= 4 is 6.03 Å². The van der Waals surface area contributed by atoms with Gasteiger partial charge in [0.05, 0.1) is 0 Å². The van der Waals surface area contributed by atoms with Crippen LogP contribution in [0, 0.1) is 11.7 Å². The number of likely N-dealkylation sites (tertiary alicyclic amines) is 2. The number of aryl methyl sites for hydroxylation is 1. The summed E-state index contributed by atoms with van der Waals surface area (Å²) < 4.78 is 13.0. The lowest BCUT2D eigenvalue weighted by atomic mass is 9.99. The third-order valence-corrected chi connectivity index (χ3v) is 5.73. The zero-order valence-corrected chi connectivity index (χ0v) is 15.0. The third kappa shape index (κ3) is 4.32. The molecule has 1 unspecified atom stereocenters. The molecule has 1 aromatic carbocycles. The molecule has 2 fully saturated rings. The van der Waals surface area contributed by atoms with Gasteiger partial charge in [0.2, 0.25) is 0 Å². The van der Waals surface area contributed by atoms with Gasteiger partial charge >= 0.3 is 6.03 Å². The predicted molar refractivity (Wildman–Crippen MR) is 95.8 cm³/mol. The number of urea groups is 1. The van der Waals surface area contributed by atoms with Gasteiger partial charge in [0.15, 0.2) is 0 Å². The number of nitrogens with zero attached hydrogens (tertiary/aromatic N) is 2. The molecule has 2 heterocycles. The minimum Gasteiger partial charge on any atom is -0.396 e. The Labute approximate surface area is 149 Å². The van der Waals surface area contributed by atoms with E-state index in [1.807, 2.05) is 17.0 Å². The maximum Gasteiger partial charge on any atom is 0.320 e. The van der Waals surface area contributed by atoms with Gasteiger partial charge in [-0.1, -0.05) is 12.1 Å². The average molecular weight is 348 g/mol. The maximum absolute atomic E-state index is 13.1. The highest BCUT2D eigenvalue weighted by Crippen LogP contribution is 2.30. The maximum atomic E-state index is 13.1. The summed E-state index contributed by atoms with van der Waals surface area (Å²) in [5.74, 6) is 0.00635. The number of aliphatic hydroxyl groups is 1. The molecular weight excluding hydrogens is 319 g/mol. The molecule has 4 nitrogen and oxygen atoms in total. The van der Waals surface area contributed by atoms with Crippen LogP contribution in [0.5, 0.6) is 0 Å². The van der Waals surface area contributed by atoms with Crippen molar-refractivity contribution in [2.24, 2.45) is 5.92 Å². The minimum absolute atomic E-state index is 0.132. The van der Waals surface area contributed by atoms with Gasteiger partial charge in [-0.2, -0.15) is 0 Å². The molecule has 2 saturated heterocycles. The number of hydrogen-bond donors (Lipinski definition) is 1. The summed E-state index contributed by atoms with van der Waals surface area (Å²) in [5, 5.41) is 9.41. The molecule has 1 N–H and O–H groups in total. The van der Waals surface area contributed by atoms with Crippen molar-refractivity contribution in [2.75, 3.05) is 19.7 Å². The Morgan fingerprint density at radius 1 is 1.24 bits per heavy atom. The van der Waals surface area contributed by atoms with Crippen molar-refractivity contribution in [3.63, 3.8) is 0 Å². The summed E-state index contributed by atoms with van der Waals surface area (Å²) in [6.07, 6.45) is 5.82. The monoisotopic (exact) mass is 348 g/mol. The molecule has 3 atom stereocenters. The molecule has 0 spiro atoms. The van der Waals surface area contributed by atoms with Crippen LogP contribution in [0.2, 0.25) is 0 Å². The molecule has 2 amide bonds. The molecule has 0 aromatic heterocycles. The summed E-state index contributed by atoms with van der Waals surface area (Å²) >= 11 is 0. The smallest absolute Gasteiger partial charge is 0.320 e. The van der Waals surface area contributed by atoms with Gasteiger partial charge in [-0.15, -0.1) is 0 Å². The van der Waals surface area contributed by atoms with E-state index in [4.69, 9.17) is 0 Å². The van der Waals surface area contributed by atoms with Gasteiger partial charge in [0, 0.05) is 31.8 Å². The van der Waals surface area contributed by atoms with Crippen LogP contribution in [0.4, 0.5) is 9.18 Å². The molecule has 0 saturated carbocycles. The largest absolute Gasteiger partial charge is 0.396 e. The molecule has 138 valence electrons. The number of halogens is 1. The van der Waals surface area contributed by atoms with E-state index in [0.717, 1.165) is 50.6 Å². The summed E-state index contributed by atoms with van der Waals surface area (Å²) in [7, 11) is 0. The highest BCUT2D eigenvalue weighted by Gasteiger charge is 2.37. The van der Waals surface area contributed by atoms with E-state index in [1.165, 1.54) is 12.1 Å². The first-order chi connectivity index (χ1) is 12.1. The number of carbonyl (C=O) groups is 1. The lowest BCUT2D eigenvalue weighted by Crippen LogP contribution is -2.51. The molecule has 3 rings (SSSR count). The van der Waals surface area contributed by atoms with Crippen molar-refractivity contribution in [1.82, 2.24) is 9.80 Å². The normalized spacial score (nSPS) is 26.9. The Hall–Kier alpha value is -1.62. The standard InChI is InChI=1S/C20H29FN2O2/c1-15-4-10-19(11-7-16-5-8-18(21)9-6-16)23(15)20(25)22-12-2-3-17(13-22)14-24/h5-6,8-9,15,17,19,24H,2-4,7,10-14H2,1H3/t15-,17?,19-/m1/s1. The van der Waals surface area contributed by atoms with E-state index in [-0.39, 0.29) is 36.5 Å². The van der Waals surface area contributed by atoms with Gasteiger partial charge in [-0.3, -0.25) is 0 Å². The van der Waals surface area contributed by atoms with E-state index < -0.39 is 0 Å². The van der Waals surface area contributed by atoms with Gasteiger partial charge in [0.25, 0.3) is 0 Å². The number of amides is 2. The quantitative estimate of drug-likeness (QED) is 0.906. The van der Waals surface area contributed by atoms with Gasteiger partial charge < -0.3 is 14.9 Å².